The lowest BCUT2D eigenvalue weighted by Gasteiger charge is -2.05. The van der Waals surface area contributed by atoms with E-state index >= 15 is 0 Å². The molecule has 0 saturated heterocycles. The Morgan fingerprint density at radius 3 is 2.65 bits per heavy atom. The minimum Gasteiger partial charge on any atom is -0.435 e. The molecule has 23 heavy (non-hydrogen) atoms. The zero-order valence-corrected chi connectivity index (χ0v) is 13.2. The van der Waals surface area contributed by atoms with Gasteiger partial charge in [0.25, 0.3) is 0 Å². The second kappa shape index (κ2) is 6.83. The van der Waals surface area contributed by atoms with Gasteiger partial charge in [0, 0.05) is 28.9 Å². The molecule has 3 nitrogen and oxygen atoms in total. The molecule has 0 fully saturated rings. The van der Waals surface area contributed by atoms with E-state index in [1.54, 1.807) is 18.3 Å². The van der Waals surface area contributed by atoms with Crippen molar-refractivity contribution in [1.82, 2.24) is 9.97 Å². The largest absolute Gasteiger partial charge is 0.435 e. The standard InChI is InChI=1S/C17H14F2N2OS/c1-2-11-7-8-20-9-14(11)16-21-15(10-23-16)12-3-5-13(6-4-12)22-17(18)19/h3-10,17H,2H2,1H3. The number of hydrogen-bond acceptors (Lipinski definition) is 4. The minimum absolute atomic E-state index is 0.139. The predicted molar refractivity (Wildman–Crippen MR) is 86.8 cm³/mol. The van der Waals surface area contributed by atoms with E-state index < -0.39 is 6.61 Å². The Morgan fingerprint density at radius 1 is 1.17 bits per heavy atom. The van der Waals surface area contributed by atoms with Crippen LogP contribution in [0.15, 0.2) is 48.1 Å². The molecule has 118 valence electrons. The van der Waals surface area contributed by atoms with Crippen LogP contribution in [0.1, 0.15) is 12.5 Å². The molecule has 0 aliphatic rings. The van der Waals surface area contributed by atoms with Crippen molar-refractivity contribution in [3.8, 4) is 27.6 Å². The lowest BCUT2D eigenvalue weighted by molar-refractivity contribution is -0.0498. The van der Waals surface area contributed by atoms with Crippen LogP contribution in [-0.4, -0.2) is 16.6 Å². The predicted octanol–water partition coefficient (Wildman–Crippen LogP) is 5.04. The fraction of sp³-hybridized carbons (Fsp3) is 0.176. The molecule has 0 bridgehead atoms. The molecule has 0 aliphatic carbocycles. The maximum absolute atomic E-state index is 12.2. The van der Waals surface area contributed by atoms with E-state index in [0.29, 0.717) is 0 Å². The van der Waals surface area contributed by atoms with Crippen molar-refractivity contribution in [3.63, 3.8) is 0 Å². The van der Waals surface area contributed by atoms with Gasteiger partial charge in [-0.1, -0.05) is 6.92 Å². The second-order valence-electron chi connectivity index (χ2n) is 4.83. The van der Waals surface area contributed by atoms with Crippen LogP contribution in [0, 0.1) is 0 Å². The van der Waals surface area contributed by atoms with Crippen LogP contribution in [0.4, 0.5) is 8.78 Å². The number of aromatic nitrogens is 2. The van der Waals surface area contributed by atoms with Crippen LogP contribution in [0.3, 0.4) is 0 Å². The topological polar surface area (TPSA) is 35.0 Å². The molecular weight excluding hydrogens is 318 g/mol. The smallest absolute Gasteiger partial charge is 0.387 e. The molecule has 3 rings (SSSR count). The molecule has 0 radical (unpaired) electrons. The maximum Gasteiger partial charge on any atom is 0.387 e. The van der Waals surface area contributed by atoms with Gasteiger partial charge in [-0.2, -0.15) is 8.78 Å². The van der Waals surface area contributed by atoms with Crippen molar-refractivity contribution in [2.24, 2.45) is 0 Å². The lowest BCUT2D eigenvalue weighted by Crippen LogP contribution is -2.01. The van der Waals surface area contributed by atoms with Gasteiger partial charge in [0.2, 0.25) is 0 Å². The van der Waals surface area contributed by atoms with Gasteiger partial charge in [-0.15, -0.1) is 11.3 Å². The van der Waals surface area contributed by atoms with Crippen LogP contribution in [0.2, 0.25) is 0 Å². The van der Waals surface area contributed by atoms with E-state index in [0.717, 1.165) is 28.2 Å². The van der Waals surface area contributed by atoms with Crippen LogP contribution >= 0.6 is 11.3 Å². The lowest BCUT2D eigenvalue weighted by atomic mass is 10.1. The number of benzene rings is 1. The molecule has 0 unspecified atom stereocenters. The summed E-state index contributed by atoms with van der Waals surface area (Å²) in [5.74, 6) is 0.139. The van der Waals surface area contributed by atoms with Gasteiger partial charge in [-0.3, -0.25) is 4.98 Å². The van der Waals surface area contributed by atoms with Crippen LogP contribution in [-0.2, 0) is 6.42 Å². The zero-order chi connectivity index (χ0) is 16.2. The third-order valence-electron chi connectivity index (χ3n) is 3.40. The van der Waals surface area contributed by atoms with E-state index in [9.17, 15) is 8.78 Å². The first kappa shape index (κ1) is 15.6. The Morgan fingerprint density at radius 2 is 1.96 bits per heavy atom. The average molecular weight is 332 g/mol. The molecule has 6 heteroatoms. The van der Waals surface area contributed by atoms with Crippen LogP contribution in [0.25, 0.3) is 21.8 Å². The van der Waals surface area contributed by atoms with Crippen molar-refractivity contribution in [3.05, 3.63) is 53.7 Å². The maximum atomic E-state index is 12.2. The van der Waals surface area contributed by atoms with Gasteiger partial charge in [-0.05, 0) is 42.3 Å². The monoisotopic (exact) mass is 332 g/mol. The number of rotatable bonds is 5. The van der Waals surface area contributed by atoms with Gasteiger partial charge >= 0.3 is 6.61 Å². The Bertz CT molecular complexity index is 787. The third kappa shape index (κ3) is 3.53. The van der Waals surface area contributed by atoms with Crippen LogP contribution in [0.5, 0.6) is 5.75 Å². The summed E-state index contributed by atoms with van der Waals surface area (Å²) in [4.78, 5) is 8.81. The van der Waals surface area contributed by atoms with E-state index in [-0.39, 0.29) is 5.75 Å². The first-order chi connectivity index (χ1) is 11.2. The molecule has 0 spiro atoms. The Balaban J connectivity index is 1.87. The quantitative estimate of drug-likeness (QED) is 0.657. The highest BCUT2D eigenvalue weighted by atomic mass is 32.1. The van der Waals surface area contributed by atoms with E-state index in [1.165, 1.54) is 29.0 Å². The number of ether oxygens (including phenoxy) is 1. The highest BCUT2D eigenvalue weighted by Crippen LogP contribution is 2.31. The molecule has 3 aromatic rings. The Labute approximate surface area is 136 Å². The molecule has 0 N–H and O–H groups in total. The number of thiazole rings is 1. The van der Waals surface area contributed by atoms with E-state index in [1.807, 2.05) is 17.6 Å². The zero-order valence-electron chi connectivity index (χ0n) is 12.4. The first-order valence-corrected chi connectivity index (χ1v) is 7.99. The molecule has 0 saturated carbocycles. The number of hydrogen-bond donors (Lipinski definition) is 0. The number of alkyl halides is 2. The summed E-state index contributed by atoms with van der Waals surface area (Å²) in [5.41, 5.74) is 3.89. The van der Waals surface area contributed by atoms with Crippen molar-refractivity contribution in [2.75, 3.05) is 0 Å². The van der Waals surface area contributed by atoms with Gasteiger partial charge in [0.15, 0.2) is 0 Å². The molecule has 0 aliphatic heterocycles. The summed E-state index contributed by atoms with van der Waals surface area (Å²) >= 11 is 1.54. The molecular formula is C17H14F2N2OS. The number of halogens is 2. The Kier molecular flexibility index (Phi) is 4.62. The fourth-order valence-electron chi connectivity index (χ4n) is 2.26. The average Bonchev–Trinajstić information content (AvgIpc) is 3.05. The van der Waals surface area contributed by atoms with Crippen molar-refractivity contribution < 1.29 is 13.5 Å². The highest BCUT2D eigenvalue weighted by Gasteiger charge is 2.11. The second-order valence-corrected chi connectivity index (χ2v) is 5.69. The first-order valence-electron chi connectivity index (χ1n) is 7.11. The summed E-state index contributed by atoms with van der Waals surface area (Å²) in [5, 5.41) is 2.85. The Hall–Kier alpha value is -2.34. The van der Waals surface area contributed by atoms with Crippen molar-refractivity contribution in [2.45, 2.75) is 20.0 Å². The SMILES string of the molecule is CCc1ccncc1-c1nc(-c2ccc(OC(F)F)cc2)cs1. The molecule has 0 atom stereocenters. The summed E-state index contributed by atoms with van der Waals surface area (Å²) in [6.45, 7) is -0.723. The summed E-state index contributed by atoms with van der Waals surface area (Å²) < 4.78 is 28.7. The van der Waals surface area contributed by atoms with Gasteiger partial charge in [0.1, 0.15) is 10.8 Å². The number of pyridine rings is 1. The summed E-state index contributed by atoms with van der Waals surface area (Å²) in [7, 11) is 0. The summed E-state index contributed by atoms with van der Waals surface area (Å²) in [6.07, 6.45) is 4.51. The van der Waals surface area contributed by atoms with E-state index in [4.69, 9.17) is 0 Å². The van der Waals surface area contributed by atoms with Gasteiger partial charge < -0.3 is 4.74 Å². The number of aryl methyl sites for hydroxylation is 1. The van der Waals surface area contributed by atoms with E-state index in [2.05, 4.69) is 21.6 Å². The normalized spacial score (nSPS) is 11.0. The minimum atomic E-state index is -2.82. The fourth-order valence-corrected chi connectivity index (χ4v) is 3.14. The van der Waals surface area contributed by atoms with Gasteiger partial charge in [-0.25, -0.2) is 4.98 Å². The molecule has 2 aromatic heterocycles. The van der Waals surface area contributed by atoms with Crippen LogP contribution < -0.4 is 4.74 Å². The third-order valence-corrected chi connectivity index (χ3v) is 4.28. The highest BCUT2D eigenvalue weighted by molar-refractivity contribution is 7.13. The molecule has 2 heterocycles. The van der Waals surface area contributed by atoms with Crippen molar-refractivity contribution in [1.29, 1.82) is 0 Å². The molecule has 1 aromatic carbocycles. The number of nitrogens with zero attached hydrogens (tertiary/aromatic N) is 2. The summed E-state index contributed by atoms with van der Waals surface area (Å²) in [6, 6.07) is 8.47. The van der Waals surface area contributed by atoms with Crippen molar-refractivity contribution >= 4 is 11.3 Å². The molecule has 0 amide bonds. The van der Waals surface area contributed by atoms with Gasteiger partial charge in [0.05, 0.1) is 5.69 Å².